The molecule has 3 N–H and O–H groups in total. The van der Waals surface area contributed by atoms with E-state index >= 15 is 0 Å². The van der Waals surface area contributed by atoms with Crippen LogP contribution in [0.1, 0.15) is 18.5 Å². The molecule has 1 aliphatic rings. The number of nitrogens with two attached hydrogens (primary N) is 1. The fraction of sp³-hybridized carbons (Fsp3) is 0.364. The Morgan fingerprint density at radius 1 is 1.21 bits per heavy atom. The van der Waals surface area contributed by atoms with Gasteiger partial charge in [0.15, 0.2) is 11.2 Å². The van der Waals surface area contributed by atoms with E-state index in [1.807, 2.05) is 23.1 Å². The van der Waals surface area contributed by atoms with E-state index in [1.54, 1.807) is 6.07 Å². The second-order valence-electron chi connectivity index (χ2n) is 8.29. The van der Waals surface area contributed by atoms with Crippen LogP contribution in [0.5, 0.6) is 0 Å². The zero-order valence-electron chi connectivity index (χ0n) is 18.6. The van der Waals surface area contributed by atoms with E-state index < -0.39 is 17.2 Å². The van der Waals surface area contributed by atoms with Crippen molar-refractivity contribution in [3.63, 3.8) is 0 Å². The summed E-state index contributed by atoms with van der Waals surface area (Å²) in [7, 11) is 1.23. The molecule has 1 aromatic carbocycles. The third-order valence-electron chi connectivity index (χ3n) is 5.94. The van der Waals surface area contributed by atoms with Gasteiger partial charge in [0.05, 0.1) is 36.6 Å². The lowest BCUT2D eigenvalue weighted by atomic mass is 10.1. The Kier molecular flexibility index (Phi) is 5.57. The van der Waals surface area contributed by atoms with Gasteiger partial charge in [-0.1, -0.05) is 12.1 Å². The molecule has 5 rings (SSSR count). The summed E-state index contributed by atoms with van der Waals surface area (Å²) in [6.07, 6.45) is 3.32. The average molecular weight is 464 g/mol. The molecule has 1 saturated heterocycles. The zero-order valence-corrected chi connectivity index (χ0v) is 18.6. The van der Waals surface area contributed by atoms with Crippen molar-refractivity contribution in [2.75, 3.05) is 25.1 Å². The number of aromatic amines is 1. The Balaban J connectivity index is 1.63. The maximum absolute atomic E-state index is 13.4. The molecule has 1 atom stereocenters. The lowest BCUT2D eigenvalue weighted by molar-refractivity contribution is -0.141. The SMILES string of the molecule is COC(=O)Cn1c(=O)n(Cc2cnc3ccccc3n2)c(=O)c2[nH]c(N3CCCC(N)C3)nc21. The lowest BCUT2D eigenvalue weighted by Crippen LogP contribution is -2.43. The molecule has 4 heterocycles. The van der Waals surface area contributed by atoms with E-state index in [4.69, 9.17) is 10.5 Å². The van der Waals surface area contributed by atoms with E-state index in [-0.39, 0.29) is 30.3 Å². The minimum Gasteiger partial charge on any atom is -0.468 e. The number of para-hydroxylation sites is 2. The molecule has 12 heteroatoms. The Hall–Kier alpha value is -4.06. The molecule has 0 amide bonds. The van der Waals surface area contributed by atoms with Gasteiger partial charge in [-0.15, -0.1) is 0 Å². The predicted octanol–water partition coefficient (Wildman–Crippen LogP) is -0.0217. The molecule has 0 spiro atoms. The number of hydrogen-bond donors (Lipinski definition) is 2. The fourth-order valence-electron chi connectivity index (χ4n) is 4.22. The number of nitrogens with one attached hydrogen (secondary N) is 1. The number of rotatable bonds is 5. The normalized spacial score (nSPS) is 16.3. The first-order valence-electron chi connectivity index (χ1n) is 11.0. The van der Waals surface area contributed by atoms with Gasteiger partial charge in [0.25, 0.3) is 5.56 Å². The van der Waals surface area contributed by atoms with Crippen LogP contribution in [-0.4, -0.2) is 61.3 Å². The minimum absolute atomic E-state index is 0.0117. The lowest BCUT2D eigenvalue weighted by Gasteiger charge is -2.30. The van der Waals surface area contributed by atoms with Gasteiger partial charge in [-0.25, -0.2) is 9.78 Å². The quantitative estimate of drug-likeness (QED) is 0.388. The first-order valence-corrected chi connectivity index (χ1v) is 11.0. The fourth-order valence-corrected chi connectivity index (χ4v) is 4.22. The summed E-state index contributed by atoms with van der Waals surface area (Å²) in [5.74, 6) is -0.202. The van der Waals surface area contributed by atoms with E-state index in [9.17, 15) is 14.4 Å². The molecule has 1 unspecified atom stereocenters. The summed E-state index contributed by atoms with van der Waals surface area (Å²) in [5, 5.41) is 0. The maximum Gasteiger partial charge on any atom is 0.333 e. The van der Waals surface area contributed by atoms with Gasteiger partial charge < -0.3 is 20.4 Å². The Morgan fingerprint density at radius 3 is 2.76 bits per heavy atom. The molecule has 0 saturated carbocycles. The Labute approximate surface area is 193 Å². The molecule has 0 radical (unpaired) electrons. The van der Waals surface area contributed by atoms with Crippen LogP contribution in [0.3, 0.4) is 0 Å². The average Bonchev–Trinajstić information content (AvgIpc) is 3.30. The summed E-state index contributed by atoms with van der Waals surface area (Å²) in [4.78, 5) is 57.1. The molecular weight excluding hydrogens is 440 g/mol. The van der Waals surface area contributed by atoms with Gasteiger partial charge in [-0.05, 0) is 25.0 Å². The zero-order chi connectivity index (χ0) is 23.8. The molecule has 1 fully saturated rings. The van der Waals surface area contributed by atoms with Crippen molar-refractivity contribution in [1.82, 2.24) is 29.1 Å². The van der Waals surface area contributed by atoms with Gasteiger partial charge in [0, 0.05) is 19.1 Å². The van der Waals surface area contributed by atoms with Crippen molar-refractivity contribution >= 4 is 34.1 Å². The summed E-state index contributed by atoms with van der Waals surface area (Å²) in [5.41, 5.74) is 6.84. The molecular formula is C22H24N8O4. The predicted molar refractivity (Wildman–Crippen MR) is 125 cm³/mol. The van der Waals surface area contributed by atoms with Gasteiger partial charge in [0.1, 0.15) is 6.54 Å². The van der Waals surface area contributed by atoms with Crippen molar-refractivity contribution < 1.29 is 9.53 Å². The van der Waals surface area contributed by atoms with Gasteiger partial charge in [-0.3, -0.25) is 23.7 Å². The second-order valence-corrected chi connectivity index (χ2v) is 8.29. The highest BCUT2D eigenvalue weighted by Gasteiger charge is 2.24. The minimum atomic E-state index is -0.689. The van der Waals surface area contributed by atoms with Crippen molar-refractivity contribution in [3.05, 3.63) is 57.0 Å². The highest BCUT2D eigenvalue weighted by Crippen LogP contribution is 2.19. The second kappa shape index (κ2) is 8.71. The number of benzene rings is 1. The highest BCUT2D eigenvalue weighted by atomic mass is 16.5. The van der Waals surface area contributed by atoms with Gasteiger partial charge in [-0.2, -0.15) is 4.98 Å². The van der Waals surface area contributed by atoms with Crippen molar-refractivity contribution in [3.8, 4) is 0 Å². The summed E-state index contributed by atoms with van der Waals surface area (Å²) in [6, 6.07) is 7.30. The number of esters is 1. The highest BCUT2D eigenvalue weighted by molar-refractivity contribution is 5.76. The third kappa shape index (κ3) is 3.92. The molecule has 0 bridgehead atoms. The summed E-state index contributed by atoms with van der Waals surface area (Å²) >= 11 is 0. The first-order chi connectivity index (χ1) is 16.4. The Morgan fingerprint density at radius 2 is 2.00 bits per heavy atom. The number of fused-ring (bicyclic) bond motifs is 2. The number of H-pyrrole nitrogens is 1. The van der Waals surface area contributed by atoms with Crippen molar-refractivity contribution in [1.29, 1.82) is 0 Å². The number of imidazole rings is 1. The maximum atomic E-state index is 13.4. The van der Waals surface area contributed by atoms with Crippen LogP contribution < -0.4 is 21.9 Å². The first kappa shape index (κ1) is 21.8. The molecule has 12 nitrogen and oxygen atoms in total. The monoisotopic (exact) mass is 464 g/mol. The molecule has 176 valence electrons. The number of ether oxygens (including phenoxy) is 1. The number of carbonyl (C=O) groups is 1. The van der Waals surface area contributed by atoms with Crippen molar-refractivity contribution in [2.24, 2.45) is 5.73 Å². The number of carbonyl (C=O) groups excluding carboxylic acids is 1. The number of aromatic nitrogens is 6. The Bertz CT molecular complexity index is 1500. The van der Waals surface area contributed by atoms with Crippen LogP contribution in [-0.2, 0) is 22.6 Å². The molecule has 3 aromatic heterocycles. The van der Waals surface area contributed by atoms with E-state index in [0.717, 1.165) is 28.5 Å². The van der Waals surface area contributed by atoms with Crippen LogP contribution in [0.25, 0.3) is 22.2 Å². The van der Waals surface area contributed by atoms with Crippen LogP contribution >= 0.6 is 0 Å². The van der Waals surface area contributed by atoms with E-state index in [0.29, 0.717) is 29.2 Å². The van der Waals surface area contributed by atoms with Crippen molar-refractivity contribution in [2.45, 2.75) is 32.0 Å². The number of piperidine rings is 1. The number of anilines is 1. The van der Waals surface area contributed by atoms with Crippen LogP contribution in [0.2, 0.25) is 0 Å². The number of hydrogen-bond acceptors (Lipinski definition) is 9. The standard InChI is InChI=1S/C22H24N8O4/c1-34-17(31)12-29-19-18(26-21(27-19)28-8-4-5-13(23)10-28)20(32)30(22(29)33)11-14-9-24-15-6-2-3-7-16(15)25-14/h2-3,6-7,9,13H,4-5,8,10-12,23H2,1H3,(H,26,27). The number of methoxy groups -OCH3 is 1. The molecule has 4 aromatic rings. The van der Waals surface area contributed by atoms with Crippen LogP contribution in [0.15, 0.2) is 40.1 Å². The summed E-state index contributed by atoms with van der Waals surface area (Å²) < 4.78 is 6.92. The number of nitrogens with zero attached hydrogens (tertiary/aromatic N) is 6. The molecule has 34 heavy (non-hydrogen) atoms. The van der Waals surface area contributed by atoms with Gasteiger partial charge >= 0.3 is 11.7 Å². The molecule has 0 aliphatic carbocycles. The molecule has 1 aliphatic heterocycles. The topological polar surface area (TPSA) is 154 Å². The van der Waals surface area contributed by atoms with Crippen LogP contribution in [0, 0.1) is 0 Å². The largest absolute Gasteiger partial charge is 0.468 e. The summed E-state index contributed by atoms with van der Waals surface area (Å²) in [6.45, 7) is 0.784. The van der Waals surface area contributed by atoms with E-state index in [1.165, 1.54) is 13.3 Å². The van der Waals surface area contributed by atoms with Gasteiger partial charge in [0.2, 0.25) is 5.95 Å². The third-order valence-corrected chi connectivity index (χ3v) is 5.94. The van der Waals surface area contributed by atoms with Crippen LogP contribution in [0.4, 0.5) is 5.95 Å². The smallest absolute Gasteiger partial charge is 0.333 e. The van der Waals surface area contributed by atoms with E-state index in [2.05, 4.69) is 19.9 Å².